The van der Waals surface area contributed by atoms with Crippen LogP contribution < -0.4 is 10.1 Å². The SMILES string of the molecule is CC(C)COc1cc(CNC2CC2)cc(C(C)(C)C)n1. The zero-order valence-electron chi connectivity index (χ0n) is 13.5. The van der Waals surface area contributed by atoms with Gasteiger partial charge in [0.1, 0.15) is 0 Å². The van der Waals surface area contributed by atoms with Crippen molar-refractivity contribution in [3.63, 3.8) is 0 Å². The maximum absolute atomic E-state index is 5.83. The number of hydrogen-bond acceptors (Lipinski definition) is 3. The number of rotatable bonds is 6. The van der Waals surface area contributed by atoms with Gasteiger partial charge in [0.25, 0.3) is 0 Å². The molecule has 3 nitrogen and oxygen atoms in total. The van der Waals surface area contributed by atoms with Crippen LogP contribution in [-0.4, -0.2) is 17.6 Å². The molecule has 0 aromatic carbocycles. The molecule has 1 N–H and O–H groups in total. The van der Waals surface area contributed by atoms with E-state index in [1.807, 2.05) is 0 Å². The maximum Gasteiger partial charge on any atom is 0.213 e. The highest BCUT2D eigenvalue weighted by Crippen LogP contribution is 2.25. The molecule has 2 rings (SSSR count). The smallest absolute Gasteiger partial charge is 0.213 e. The van der Waals surface area contributed by atoms with Crippen molar-refractivity contribution >= 4 is 0 Å². The van der Waals surface area contributed by atoms with Gasteiger partial charge < -0.3 is 10.1 Å². The first kappa shape index (κ1) is 15.3. The Balaban J connectivity index is 2.13. The second-order valence-corrected chi connectivity index (χ2v) is 7.31. The Hall–Kier alpha value is -1.09. The molecule has 0 amide bonds. The fraction of sp³-hybridized carbons (Fsp3) is 0.706. The van der Waals surface area contributed by atoms with Gasteiger partial charge in [0.15, 0.2) is 0 Å². The third-order valence-corrected chi connectivity index (χ3v) is 3.37. The number of nitrogens with one attached hydrogen (secondary N) is 1. The van der Waals surface area contributed by atoms with E-state index in [4.69, 9.17) is 4.74 Å². The summed E-state index contributed by atoms with van der Waals surface area (Å²) in [5.41, 5.74) is 2.42. The first-order valence-electron chi connectivity index (χ1n) is 7.72. The van der Waals surface area contributed by atoms with Crippen molar-refractivity contribution in [3.05, 3.63) is 23.4 Å². The summed E-state index contributed by atoms with van der Waals surface area (Å²) in [7, 11) is 0. The van der Waals surface area contributed by atoms with Crippen molar-refractivity contribution in [1.82, 2.24) is 10.3 Å². The van der Waals surface area contributed by atoms with Crippen molar-refractivity contribution in [2.45, 2.75) is 65.5 Å². The van der Waals surface area contributed by atoms with Crippen molar-refractivity contribution in [2.24, 2.45) is 5.92 Å². The highest BCUT2D eigenvalue weighted by atomic mass is 16.5. The van der Waals surface area contributed by atoms with Crippen LogP contribution in [0.2, 0.25) is 0 Å². The van der Waals surface area contributed by atoms with E-state index in [1.54, 1.807) is 0 Å². The molecular weight excluding hydrogens is 248 g/mol. The molecule has 20 heavy (non-hydrogen) atoms. The minimum absolute atomic E-state index is 0.0472. The molecule has 0 aliphatic heterocycles. The second kappa shape index (κ2) is 6.13. The summed E-state index contributed by atoms with van der Waals surface area (Å²) in [6, 6.07) is 5.01. The number of hydrogen-bond donors (Lipinski definition) is 1. The molecule has 1 fully saturated rings. The van der Waals surface area contributed by atoms with Gasteiger partial charge in [0, 0.05) is 24.1 Å². The van der Waals surface area contributed by atoms with Crippen molar-refractivity contribution < 1.29 is 4.74 Å². The van der Waals surface area contributed by atoms with Crippen LogP contribution in [-0.2, 0) is 12.0 Å². The topological polar surface area (TPSA) is 34.1 Å². The van der Waals surface area contributed by atoms with Gasteiger partial charge in [0.05, 0.1) is 12.3 Å². The summed E-state index contributed by atoms with van der Waals surface area (Å²) in [6.07, 6.45) is 2.63. The van der Waals surface area contributed by atoms with Crippen LogP contribution in [0, 0.1) is 5.92 Å². The van der Waals surface area contributed by atoms with Crippen LogP contribution in [0.1, 0.15) is 58.7 Å². The molecule has 112 valence electrons. The molecule has 0 unspecified atom stereocenters. The van der Waals surface area contributed by atoms with Gasteiger partial charge in [-0.25, -0.2) is 4.98 Å². The minimum atomic E-state index is 0.0472. The summed E-state index contributed by atoms with van der Waals surface area (Å²) in [5, 5.41) is 3.56. The lowest BCUT2D eigenvalue weighted by Crippen LogP contribution is -2.19. The molecule has 0 atom stereocenters. The largest absolute Gasteiger partial charge is 0.477 e. The van der Waals surface area contributed by atoms with Gasteiger partial charge in [0.2, 0.25) is 5.88 Å². The van der Waals surface area contributed by atoms with Gasteiger partial charge in [-0.3, -0.25) is 0 Å². The van der Waals surface area contributed by atoms with Crippen LogP contribution in [0.5, 0.6) is 5.88 Å². The quantitative estimate of drug-likeness (QED) is 0.861. The van der Waals surface area contributed by atoms with E-state index in [1.165, 1.54) is 18.4 Å². The van der Waals surface area contributed by atoms with Crippen LogP contribution in [0.4, 0.5) is 0 Å². The average molecular weight is 276 g/mol. The number of aromatic nitrogens is 1. The Morgan fingerprint density at radius 2 is 2.00 bits per heavy atom. The predicted molar refractivity (Wildman–Crippen MR) is 83.1 cm³/mol. The Morgan fingerprint density at radius 3 is 2.55 bits per heavy atom. The maximum atomic E-state index is 5.83. The van der Waals surface area contributed by atoms with Gasteiger partial charge >= 0.3 is 0 Å². The normalized spacial score (nSPS) is 15.7. The summed E-state index contributed by atoms with van der Waals surface area (Å²) >= 11 is 0. The molecular formula is C17H28N2O. The van der Waals surface area contributed by atoms with Crippen molar-refractivity contribution in [2.75, 3.05) is 6.61 Å². The molecule has 1 saturated carbocycles. The number of nitrogens with zero attached hydrogens (tertiary/aromatic N) is 1. The Morgan fingerprint density at radius 1 is 1.30 bits per heavy atom. The highest BCUT2D eigenvalue weighted by molar-refractivity contribution is 5.28. The average Bonchev–Trinajstić information content (AvgIpc) is 3.16. The number of ether oxygens (including phenoxy) is 1. The molecule has 0 bridgehead atoms. The fourth-order valence-corrected chi connectivity index (χ4v) is 1.92. The van der Waals surface area contributed by atoms with E-state index in [0.29, 0.717) is 5.92 Å². The monoisotopic (exact) mass is 276 g/mol. The highest BCUT2D eigenvalue weighted by Gasteiger charge is 2.21. The van der Waals surface area contributed by atoms with E-state index in [9.17, 15) is 0 Å². The summed E-state index contributed by atoms with van der Waals surface area (Å²) < 4.78 is 5.83. The minimum Gasteiger partial charge on any atom is -0.477 e. The lowest BCUT2D eigenvalue weighted by Gasteiger charge is -2.20. The van der Waals surface area contributed by atoms with Crippen LogP contribution >= 0.6 is 0 Å². The van der Waals surface area contributed by atoms with Gasteiger partial charge in [-0.1, -0.05) is 34.6 Å². The molecule has 0 saturated heterocycles. The third-order valence-electron chi connectivity index (χ3n) is 3.37. The Labute approximate surface area is 123 Å². The second-order valence-electron chi connectivity index (χ2n) is 7.31. The van der Waals surface area contributed by atoms with Crippen LogP contribution in [0.25, 0.3) is 0 Å². The zero-order chi connectivity index (χ0) is 14.8. The van der Waals surface area contributed by atoms with E-state index in [-0.39, 0.29) is 5.41 Å². The van der Waals surface area contributed by atoms with Crippen LogP contribution in [0.15, 0.2) is 12.1 Å². The van der Waals surface area contributed by atoms with Crippen molar-refractivity contribution in [3.8, 4) is 5.88 Å². The standard InChI is InChI=1S/C17H28N2O/c1-12(2)11-20-16-9-13(10-18-14-6-7-14)8-15(19-16)17(3,4)5/h8-9,12,14,18H,6-7,10-11H2,1-5H3. The van der Waals surface area contributed by atoms with E-state index in [0.717, 1.165) is 30.8 Å². The van der Waals surface area contributed by atoms with Gasteiger partial charge in [-0.2, -0.15) is 0 Å². The first-order valence-corrected chi connectivity index (χ1v) is 7.72. The molecule has 0 spiro atoms. The van der Waals surface area contributed by atoms with E-state index >= 15 is 0 Å². The van der Waals surface area contributed by atoms with E-state index < -0.39 is 0 Å². The molecule has 1 aromatic rings. The molecule has 3 heteroatoms. The summed E-state index contributed by atoms with van der Waals surface area (Å²) in [6.45, 7) is 12.5. The van der Waals surface area contributed by atoms with E-state index in [2.05, 4.69) is 57.1 Å². The lowest BCUT2D eigenvalue weighted by atomic mass is 9.91. The number of pyridine rings is 1. The summed E-state index contributed by atoms with van der Waals surface area (Å²) in [4.78, 5) is 4.67. The van der Waals surface area contributed by atoms with Gasteiger partial charge in [-0.05, 0) is 30.4 Å². The third kappa shape index (κ3) is 4.78. The predicted octanol–water partition coefficient (Wildman–Crippen LogP) is 3.67. The van der Waals surface area contributed by atoms with Crippen LogP contribution in [0.3, 0.4) is 0 Å². The van der Waals surface area contributed by atoms with Crippen molar-refractivity contribution in [1.29, 1.82) is 0 Å². The molecule has 1 aromatic heterocycles. The van der Waals surface area contributed by atoms with Gasteiger partial charge in [-0.15, -0.1) is 0 Å². The molecule has 1 aliphatic rings. The first-order chi connectivity index (χ1) is 9.34. The fourth-order valence-electron chi connectivity index (χ4n) is 1.92. The molecule has 1 heterocycles. The summed E-state index contributed by atoms with van der Waals surface area (Å²) in [5.74, 6) is 1.28. The molecule has 0 radical (unpaired) electrons. The zero-order valence-corrected chi connectivity index (χ0v) is 13.5. The lowest BCUT2D eigenvalue weighted by molar-refractivity contribution is 0.259. The Kier molecular flexibility index (Phi) is 4.69. The Bertz CT molecular complexity index is 421. The molecule has 1 aliphatic carbocycles.